The van der Waals surface area contributed by atoms with E-state index in [1.807, 2.05) is 24.3 Å². The minimum absolute atomic E-state index is 0.117. The van der Waals surface area contributed by atoms with Gasteiger partial charge in [0.15, 0.2) is 0 Å². The number of nitrogens with zero attached hydrogens (tertiary/aromatic N) is 2. The zero-order chi connectivity index (χ0) is 14.7. The molecule has 1 aromatic heterocycles. The molecule has 21 heavy (non-hydrogen) atoms. The number of hydrogen-bond donors (Lipinski definition) is 1. The summed E-state index contributed by atoms with van der Waals surface area (Å²) >= 11 is 0. The third-order valence-electron chi connectivity index (χ3n) is 4.16. The van der Waals surface area contributed by atoms with Crippen LogP contribution in [0.15, 0.2) is 28.8 Å². The zero-order valence-corrected chi connectivity index (χ0v) is 12.3. The second-order valence-corrected chi connectivity index (χ2v) is 5.60. The van der Waals surface area contributed by atoms with Crippen molar-refractivity contribution in [2.75, 3.05) is 7.11 Å². The van der Waals surface area contributed by atoms with Gasteiger partial charge in [-0.25, -0.2) is 0 Å². The highest BCUT2D eigenvalue weighted by molar-refractivity contribution is 5.56. The van der Waals surface area contributed by atoms with Crippen LogP contribution in [-0.4, -0.2) is 23.3 Å². The van der Waals surface area contributed by atoms with Crippen LogP contribution in [0, 0.1) is 0 Å². The molecule has 2 aromatic rings. The summed E-state index contributed by atoms with van der Waals surface area (Å²) in [6.07, 6.45) is 5.66. The van der Waals surface area contributed by atoms with Crippen LogP contribution >= 0.6 is 0 Å². The van der Waals surface area contributed by atoms with Crippen LogP contribution in [0.25, 0.3) is 11.4 Å². The molecular formula is C16H21N3O2. The lowest BCUT2D eigenvalue weighted by atomic mass is 9.95. The van der Waals surface area contributed by atoms with Crippen molar-refractivity contribution in [1.82, 2.24) is 10.1 Å². The molecule has 0 saturated heterocycles. The van der Waals surface area contributed by atoms with Crippen molar-refractivity contribution in [3.63, 3.8) is 0 Å². The summed E-state index contributed by atoms with van der Waals surface area (Å²) in [4.78, 5) is 4.56. The van der Waals surface area contributed by atoms with Gasteiger partial charge in [-0.2, -0.15) is 4.98 Å². The molecule has 5 heteroatoms. The highest BCUT2D eigenvalue weighted by atomic mass is 16.5. The zero-order valence-electron chi connectivity index (χ0n) is 12.3. The summed E-state index contributed by atoms with van der Waals surface area (Å²) in [7, 11) is 1.64. The van der Waals surface area contributed by atoms with Gasteiger partial charge in [0, 0.05) is 11.6 Å². The van der Waals surface area contributed by atoms with Gasteiger partial charge < -0.3 is 15.0 Å². The number of benzene rings is 1. The van der Waals surface area contributed by atoms with Crippen LogP contribution in [0.1, 0.15) is 43.9 Å². The molecule has 0 radical (unpaired) electrons. The molecule has 2 N–H and O–H groups in total. The Bertz CT molecular complexity index is 597. The summed E-state index contributed by atoms with van der Waals surface area (Å²) in [5, 5.41) is 4.10. The third kappa shape index (κ3) is 3.08. The van der Waals surface area contributed by atoms with Crippen molar-refractivity contribution in [1.29, 1.82) is 0 Å². The number of rotatable bonds is 3. The van der Waals surface area contributed by atoms with E-state index in [4.69, 9.17) is 15.0 Å². The molecule has 1 aromatic carbocycles. The first kappa shape index (κ1) is 14.1. The van der Waals surface area contributed by atoms with Gasteiger partial charge in [0.05, 0.1) is 13.0 Å². The maximum absolute atomic E-state index is 6.26. The number of hydrogen-bond acceptors (Lipinski definition) is 5. The summed E-state index contributed by atoms with van der Waals surface area (Å²) in [5.41, 5.74) is 7.15. The van der Waals surface area contributed by atoms with Crippen LogP contribution in [0.4, 0.5) is 0 Å². The van der Waals surface area contributed by atoms with Gasteiger partial charge >= 0.3 is 0 Å². The minimum Gasteiger partial charge on any atom is -0.497 e. The number of methoxy groups -OCH3 is 1. The predicted molar refractivity (Wildman–Crippen MR) is 80.1 cm³/mol. The van der Waals surface area contributed by atoms with Gasteiger partial charge in [-0.3, -0.25) is 0 Å². The molecule has 1 fully saturated rings. The van der Waals surface area contributed by atoms with Crippen LogP contribution in [-0.2, 0) is 0 Å². The fourth-order valence-electron chi connectivity index (χ4n) is 2.91. The molecule has 0 bridgehead atoms. The molecular weight excluding hydrogens is 266 g/mol. The van der Waals surface area contributed by atoms with Crippen molar-refractivity contribution >= 4 is 0 Å². The van der Waals surface area contributed by atoms with Crippen molar-refractivity contribution < 1.29 is 9.26 Å². The second-order valence-electron chi connectivity index (χ2n) is 5.60. The van der Waals surface area contributed by atoms with Crippen LogP contribution in [0.2, 0.25) is 0 Å². The van der Waals surface area contributed by atoms with Crippen molar-refractivity contribution in [3.8, 4) is 17.1 Å². The standard InChI is InChI=1S/C16H21N3O2/c1-20-12-7-5-6-11(10-12)15-18-16(21-19-15)13-8-3-2-4-9-14(13)17/h5-7,10,13-14H,2-4,8-9,17H2,1H3. The van der Waals surface area contributed by atoms with Crippen molar-refractivity contribution in [3.05, 3.63) is 30.2 Å². The monoisotopic (exact) mass is 287 g/mol. The minimum atomic E-state index is 0.117. The fraction of sp³-hybridized carbons (Fsp3) is 0.500. The molecule has 0 spiro atoms. The highest BCUT2D eigenvalue weighted by Gasteiger charge is 2.27. The van der Waals surface area contributed by atoms with E-state index in [2.05, 4.69) is 10.1 Å². The lowest BCUT2D eigenvalue weighted by molar-refractivity contribution is 0.326. The number of ether oxygens (including phenoxy) is 1. The summed E-state index contributed by atoms with van der Waals surface area (Å²) in [6, 6.07) is 7.78. The van der Waals surface area contributed by atoms with E-state index in [-0.39, 0.29) is 12.0 Å². The predicted octanol–water partition coefficient (Wildman–Crippen LogP) is 3.12. The van der Waals surface area contributed by atoms with E-state index < -0.39 is 0 Å². The van der Waals surface area contributed by atoms with Crippen molar-refractivity contribution in [2.24, 2.45) is 5.73 Å². The molecule has 1 aliphatic rings. The quantitative estimate of drug-likeness (QED) is 0.878. The highest BCUT2D eigenvalue weighted by Crippen LogP contribution is 2.31. The molecule has 2 atom stereocenters. The number of nitrogens with two attached hydrogens (primary N) is 1. The maximum atomic E-state index is 6.26. The topological polar surface area (TPSA) is 74.2 Å². The summed E-state index contributed by atoms with van der Waals surface area (Å²) in [6.45, 7) is 0. The normalized spacial score (nSPS) is 22.8. The largest absolute Gasteiger partial charge is 0.497 e. The molecule has 1 saturated carbocycles. The van der Waals surface area contributed by atoms with E-state index in [0.29, 0.717) is 11.7 Å². The smallest absolute Gasteiger partial charge is 0.231 e. The van der Waals surface area contributed by atoms with Gasteiger partial charge in [0.25, 0.3) is 0 Å². The Hall–Kier alpha value is -1.88. The van der Waals surface area contributed by atoms with E-state index in [1.54, 1.807) is 7.11 Å². The average Bonchev–Trinajstić information content (AvgIpc) is 2.90. The Kier molecular flexibility index (Phi) is 4.20. The summed E-state index contributed by atoms with van der Waals surface area (Å²) < 4.78 is 10.7. The molecule has 0 aliphatic heterocycles. The molecule has 1 heterocycles. The molecule has 2 unspecified atom stereocenters. The SMILES string of the molecule is COc1cccc(-c2noc(C3CCCCCC3N)n2)c1. The van der Waals surface area contributed by atoms with E-state index in [0.717, 1.165) is 24.2 Å². The van der Waals surface area contributed by atoms with Gasteiger partial charge in [-0.1, -0.05) is 36.6 Å². The van der Waals surface area contributed by atoms with Crippen LogP contribution in [0.3, 0.4) is 0 Å². The Morgan fingerprint density at radius 1 is 1.24 bits per heavy atom. The van der Waals surface area contributed by atoms with Crippen LogP contribution < -0.4 is 10.5 Å². The van der Waals surface area contributed by atoms with Crippen molar-refractivity contribution in [2.45, 2.75) is 44.1 Å². The van der Waals surface area contributed by atoms with Gasteiger partial charge in [0.2, 0.25) is 11.7 Å². The fourth-order valence-corrected chi connectivity index (χ4v) is 2.91. The molecule has 112 valence electrons. The molecule has 5 nitrogen and oxygen atoms in total. The van der Waals surface area contributed by atoms with Gasteiger partial charge in [-0.15, -0.1) is 0 Å². The maximum Gasteiger partial charge on any atom is 0.231 e. The van der Waals surface area contributed by atoms with E-state index in [9.17, 15) is 0 Å². The first-order valence-corrected chi connectivity index (χ1v) is 7.51. The van der Waals surface area contributed by atoms with E-state index >= 15 is 0 Å². The molecule has 3 rings (SSSR count). The summed E-state index contributed by atoms with van der Waals surface area (Å²) in [5.74, 6) is 2.23. The lowest BCUT2D eigenvalue weighted by Gasteiger charge is -2.16. The molecule has 1 aliphatic carbocycles. The van der Waals surface area contributed by atoms with Crippen LogP contribution in [0.5, 0.6) is 5.75 Å². The number of aromatic nitrogens is 2. The Morgan fingerprint density at radius 2 is 2.10 bits per heavy atom. The second kappa shape index (κ2) is 6.26. The first-order chi connectivity index (χ1) is 10.3. The lowest BCUT2D eigenvalue weighted by Crippen LogP contribution is -2.27. The third-order valence-corrected chi connectivity index (χ3v) is 4.16. The Balaban J connectivity index is 1.85. The first-order valence-electron chi connectivity index (χ1n) is 7.51. The van der Waals surface area contributed by atoms with Gasteiger partial charge in [0.1, 0.15) is 5.75 Å². The average molecular weight is 287 g/mol. The Morgan fingerprint density at radius 3 is 2.95 bits per heavy atom. The van der Waals surface area contributed by atoms with Gasteiger partial charge in [-0.05, 0) is 25.0 Å². The Labute approximate surface area is 124 Å². The van der Waals surface area contributed by atoms with E-state index in [1.165, 1.54) is 19.3 Å². The molecule has 0 amide bonds.